The first kappa shape index (κ1) is 13.5. The first-order valence-electron chi connectivity index (χ1n) is 7.07. The van der Waals surface area contributed by atoms with Gasteiger partial charge in [0.05, 0.1) is 16.3 Å². The summed E-state index contributed by atoms with van der Waals surface area (Å²) in [5, 5.41) is 18.6. The minimum absolute atomic E-state index is 0.0760. The second-order valence-corrected chi connectivity index (χ2v) is 5.34. The van der Waals surface area contributed by atoms with Crippen LogP contribution < -0.4 is 4.90 Å². The first-order valence-corrected chi connectivity index (χ1v) is 7.07. The van der Waals surface area contributed by atoms with E-state index in [9.17, 15) is 10.1 Å². The van der Waals surface area contributed by atoms with Gasteiger partial charge in [-0.15, -0.1) is 10.2 Å². The molecule has 0 spiro atoms. The molecule has 0 amide bonds. The second-order valence-electron chi connectivity index (χ2n) is 5.34. The van der Waals surface area contributed by atoms with Gasteiger partial charge < -0.3 is 4.90 Å². The lowest BCUT2D eigenvalue weighted by Gasteiger charge is -2.36. The summed E-state index contributed by atoms with van der Waals surface area (Å²) in [7, 11) is 0. The zero-order chi connectivity index (χ0) is 14.8. The molecule has 1 saturated heterocycles. The lowest BCUT2D eigenvalue weighted by Crippen LogP contribution is -2.38. The van der Waals surface area contributed by atoms with Gasteiger partial charge in [-0.2, -0.15) is 0 Å². The molecule has 21 heavy (non-hydrogen) atoms. The highest BCUT2D eigenvalue weighted by Gasteiger charge is 2.23. The minimum Gasteiger partial charge on any atom is -0.367 e. The molecule has 2 aromatic rings. The van der Waals surface area contributed by atoms with Crippen LogP contribution in [0.1, 0.15) is 26.2 Å². The van der Waals surface area contributed by atoms with Crippen LogP contribution in [0.25, 0.3) is 5.69 Å². The normalized spacial score (nSPS) is 18.7. The predicted octanol–water partition coefficient (Wildman–Crippen LogP) is 2.55. The number of rotatable bonds is 3. The van der Waals surface area contributed by atoms with Gasteiger partial charge in [-0.3, -0.25) is 14.7 Å². The van der Waals surface area contributed by atoms with E-state index in [2.05, 4.69) is 22.0 Å². The van der Waals surface area contributed by atoms with Gasteiger partial charge in [-0.1, -0.05) is 0 Å². The number of anilines is 1. The summed E-state index contributed by atoms with van der Waals surface area (Å²) in [6, 6.07) is 5.40. The Morgan fingerprint density at radius 1 is 1.24 bits per heavy atom. The molecule has 3 rings (SSSR count). The van der Waals surface area contributed by atoms with E-state index in [4.69, 9.17) is 0 Å². The molecule has 1 aliphatic heterocycles. The summed E-state index contributed by atoms with van der Waals surface area (Å²) < 4.78 is 1.73. The van der Waals surface area contributed by atoms with Crippen molar-refractivity contribution in [1.82, 2.24) is 14.8 Å². The van der Waals surface area contributed by atoms with Gasteiger partial charge >= 0.3 is 0 Å². The van der Waals surface area contributed by atoms with Gasteiger partial charge in [-0.25, -0.2) is 0 Å². The zero-order valence-electron chi connectivity index (χ0n) is 11.8. The van der Waals surface area contributed by atoms with Crippen LogP contribution in [-0.4, -0.2) is 32.3 Å². The molecule has 0 bridgehead atoms. The standard InChI is InChI=1S/C14H17N5O2/c1-11-4-2-3-7-18(11)13-6-5-12(19(20)21)8-14(13)17-9-15-16-10-17/h5-6,8-11H,2-4,7H2,1H3/t11-/m0/s1. The lowest BCUT2D eigenvalue weighted by molar-refractivity contribution is -0.384. The molecule has 1 atom stereocenters. The van der Waals surface area contributed by atoms with Gasteiger partial charge in [0.25, 0.3) is 5.69 Å². The molecule has 0 aliphatic carbocycles. The molecule has 110 valence electrons. The Balaban J connectivity index is 2.08. The van der Waals surface area contributed by atoms with Crippen molar-refractivity contribution in [2.75, 3.05) is 11.4 Å². The number of nitro groups is 1. The third kappa shape index (κ3) is 2.58. The molecule has 1 aliphatic rings. The van der Waals surface area contributed by atoms with E-state index in [1.165, 1.54) is 6.42 Å². The van der Waals surface area contributed by atoms with Gasteiger partial charge in [-0.05, 0) is 32.3 Å². The molecule has 0 N–H and O–H groups in total. The first-order chi connectivity index (χ1) is 10.2. The number of piperidine rings is 1. The zero-order valence-corrected chi connectivity index (χ0v) is 11.8. The van der Waals surface area contributed by atoms with E-state index >= 15 is 0 Å². The van der Waals surface area contributed by atoms with E-state index in [0.717, 1.165) is 30.8 Å². The van der Waals surface area contributed by atoms with Crippen LogP contribution in [0.5, 0.6) is 0 Å². The van der Waals surface area contributed by atoms with Crippen molar-refractivity contribution in [3.63, 3.8) is 0 Å². The molecular formula is C14H17N5O2. The van der Waals surface area contributed by atoms with Crippen molar-refractivity contribution in [1.29, 1.82) is 0 Å². The van der Waals surface area contributed by atoms with Crippen molar-refractivity contribution >= 4 is 11.4 Å². The molecule has 7 heteroatoms. The second kappa shape index (κ2) is 5.51. The topological polar surface area (TPSA) is 77.1 Å². The maximum atomic E-state index is 11.0. The van der Waals surface area contributed by atoms with Crippen molar-refractivity contribution in [3.05, 3.63) is 41.0 Å². The Kier molecular flexibility index (Phi) is 3.55. The average molecular weight is 287 g/mol. The summed E-state index contributed by atoms with van der Waals surface area (Å²) in [4.78, 5) is 13.0. The SMILES string of the molecule is C[C@H]1CCCCN1c1ccc([N+](=O)[O-])cc1-n1cnnc1. The van der Waals surface area contributed by atoms with Crippen molar-refractivity contribution < 1.29 is 4.92 Å². The Labute approximate surface area is 122 Å². The summed E-state index contributed by atoms with van der Waals surface area (Å²) in [5.41, 5.74) is 1.82. The molecule has 0 radical (unpaired) electrons. The highest BCUT2D eigenvalue weighted by molar-refractivity contribution is 5.67. The summed E-state index contributed by atoms with van der Waals surface area (Å²) >= 11 is 0. The van der Waals surface area contributed by atoms with Gasteiger partial charge in [0.2, 0.25) is 0 Å². The maximum absolute atomic E-state index is 11.0. The smallest absolute Gasteiger partial charge is 0.271 e. The largest absolute Gasteiger partial charge is 0.367 e. The van der Waals surface area contributed by atoms with Crippen LogP contribution >= 0.6 is 0 Å². The molecular weight excluding hydrogens is 270 g/mol. The van der Waals surface area contributed by atoms with Crippen molar-refractivity contribution in [2.24, 2.45) is 0 Å². The van der Waals surface area contributed by atoms with Crippen molar-refractivity contribution in [2.45, 2.75) is 32.2 Å². The molecule has 1 fully saturated rings. The fourth-order valence-corrected chi connectivity index (χ4v) is 2.86. The molecule has 7 nitrogen and oxygen atoms in total. The third-order valence-electron chi connectivity index (χ3n) is 3.98. The summed E-state index contributed by atoms with van der Waals surface area (Å²) in [5.74, 6) is 0. The summed E-state index contributed by atoms with van der Waals surface area (Å²) in [6.45, 7) is 3.16. The summed E-state index contributed by atoms with van der Waals surface area (Å²) in [6.07, 6.45) is 6.64. The fourth-order valence-electron chi connectivity index (χ4n) is 2.86. The predicted molar refractivity (Wildman–Crippen MR) is 78.7 cm³/mol. The quantitative estimate of drug-likeness (QED) is 0.640. The maximum Gasteiger partial charge on any atom is 0.271 e. The Morgan fingerprint density at radius 2 is 2.00 bits per heavy atom. The van der Waals surface area contributed by atoms with E-state index in [1.807, 2.05) is 6.07 Å². The Morgan fingerprint density at radius 3 is 2.67 bits per heavy atom. The molecule has 1 aromatic heterocycles. The van der Waals surface area contributed by atoms with Crippen LogP contribution in [0.2, 0.25) is 0 Å². The van der Waals surface area contributed by atoms with Crippen LogP contribution in [0.15, 0.2) is 30.9 Å². The van der Waals surface area contributed by atoms with Gasteiger partial charge in [0.15, 0.2) is 0 Å². The number of nitro benzene ring substituents is 1. The van der Waals surface area contributed by atoms with Crippen LogP contribution in [0.3, 0.4) is 0 Å². The molecule has 2 heterocycles. The van der Waals surface area contributed by atoms with Gasteiger partial charge in [0, 0.05) is 24.7 Å². The third-order valence-corrected chi connectivity index (χ3v) is 3.98. The van der Waals surface area contributed by atoms with E-state index < -0.39 is 0 Å². The lowest BCUT2D eigenvalue weighted by atomic mass is 10.0. The molecule has 1 aromatic carbocycles. The highest BCUT2D eigenvalue weighted by atomic mass is 16.6. The fraction of sp³-hybridized carbons (Fsp3) is 0.429. The Bertz CT molecular complexity index is 641. The number of non-ortho nitro benzene ring substituents is 1. The monoisotopic (exact) mass is 287 g/mol. The molecule has 0 unspecified atom stereocenters. The van der Waals surface area contributed by atoms with E-state index in [1.54, 1.807) is 29.4 Å². The average Bonchev–Trinajstić information content (AvgIpc) is 3.01. The van der Waals surface area contributed by atoms with Gasteiger partial charge in [0.1, 0.15) is 12.7 Å². The Hall–Kier alpha value is -2.44. The number of hydrogen-bond acceptors (Lipinski definition) is 5. The van der Waals surface area contributed by atoms with Crippen LogP contribution in [0.4, 0.5) is 11.4 Å². The minimum atomic E-state index is -0.378. The number of hydrogen-bond donors (Lipinski definition) is 0. The van der Waals surface area contributed by atoms with Crippen molar-refractivity contribution in [3.8, 4) is 5.69 Å². The number of nitrogens with zero attached hydrogens (tertiary/aromatic N) is 5. The molecule has 0 saturated carbocycles. The van der Waals surface area contributed by atoms with E-state index in [0.29, 0.717) is 6.04 Å². The van der Waals surface area contributed by atoms with Crippen LogP contribution in [-0.2, 0) is 0 Å². The highest BCUT2D eigenvalue weighted by Crippen LogP contribution is 2.32. The van der Waals surface area contributed by atoms with Crippen LogP contribution in [0, 0.1) is 10.1 Å². The van der Waals surface area contributed by atoms with E-state index in [-0.39, 0.29) is 10.6 Å². The number of benzene rings is 1. The number of aromatic nitrogens is 3.